The Hall–Kier alpha value is -0.750. The molecule has 0 amide bonds. The number of rotatable bonds is 7. The highest BCUT2D eigenvalue weighted by Gasteiger charge is 2.18. The van der Waals surface area contributed by atoms with Gasteiger partial charge in [-0.1, -0.05) is 54.6 Å². The van der Waals surface area contributed by atoms with Gasteiger partial charge in [0.05, 0.1) is 0 Å². The number of carbonyl (C=O) groups is 1. The third-order valence-electron chi connectivity index (χ3n) is 2.46. The van der Waals surface area contributed by atoms with Gasteiger partial charge in [-0.15, -0.1) is 0 Å². The summed E-state index contributed by atoms with van der Waals surface area (Å²) in [5.74, 6) is 6.01. The maximum Gasteiger partial charge on any atom is 0.307 e. The highest BCUT2D eigenvalue weighted by atomic mass is 79.9. The summed E-state index contributed by atoms with van der Waals surface area (Å²) in [6.07, 6.45) is 2.98. The van der Waals surface area contributed by atoms with Crippen LogP contribution in [-0.2, 0) is 9.53 Å². The second-order valence-electron chi connectivity index (χ2n) is 4.52. The molecule has 0 saturated heterocycles. The Morgan fingerprint density at radius 2 is 2.17 bits per heavy atom. The number of ether oxygens (including phenoxy) is 1. The van der Waals surface area contributed by atoms with Gasteiger partial charge in [-0.2, -0.15) is 0 Å². The summed E-state index contributed by atoms with van der Waals surface area (Å²) in [6.45, 7) is 9.78. The van der Waals surface area contributed by atoms with Crippen molar-refractivity contribution in [2.75, 3.05) is 5.33 Å². The Kier molecular flexibility index (Phi) is 9.77. The molecule has 0 heterocycles. The number of alkyl halides is 1. The summed E-state index contributed by atoms with van der Waals surface area (Å²) >= 11 is 3.30. The molecule has 0 radical (unpaired) electrons. The number of hydrogen-bond acceptors (Lipinski definition) is 2. The zero-order valence-electron chi connectivity index (χ0n) is 11.6. The van der Waals surface area contributed by atoms with Crippen molar-refractivity contribution in [1.29, 1.82) is 0 Å². The van der Waals surface area contributed by atoms with Gasteiger partial charge in [0.15, 0.2) is 6.10 Å². The highest BCUT2D eigenvalue weighted by Crippen LogP contribution is 2.15. The van der Waals surface area contributed by atoms with E-state index in [1.54, 1.807) is 0 Å². The molecule has 102 valence electrons. The molecule has 0 aromatic carbocycles. The predicted octanol–water partition coefficient (Wildman–Crippen LogP) is 4.09. The van der Waals surface area contributed by atoms with Crippen LogP contribution in [0.1, 0.15) is 46.5 Å². The van der Waals surface area contributed by atoms with Crippen LogP contribution in [0, 0.1) is 17.8 Å². The lowest BCUT2D eigenvalue weighted by Crippen LogP contribution is -2.24. The van der Waals surface area contributed by atoms with Crippen LogP contribution in [0.5, 0.6) is 0 Å². The van der Waals surface area contributed by atoms with E-state index in [2.05, 4.69) is 48.2 Å². The average Bonchev–Trinajstić information content (AvgIpc) is 2.31. The van der Waals surface area contributed by atoms with E-state index in [4.69, 9.17) is 4.74 Å². The van der Waals surface area contributed by atoms with Crippen molar-refractivity contribution < 1.29 is 9.53 Å². The molecule has 0 bridgehead atoms. The second-order valence-corrected chi connectivity index (χ2v) is 5.31. The third kappa shape index (κ3) is 8.36. The molecular weight excluding hydrogens is 292 g/mol. The largest absolute Gasteiger partial charge is 0.449 e. The van der Waals surface area contributed by atoms with E-state index in [-0.39, 0.29) is 18.0 Å². The normalized spacial score (nSPS) is 13.1. The van der Waals surface area contributed by atoms with Crippen molar-refractivity contribution in [3.05, 3.63) is 12.2 Å². The van der Waals surface area contributed by atoms with Gasteiger partial charge in [0, 0.05) is 17.7 Å². The molecule has 2 unspecified atom stereocenters. The summed E-state index contributed by atoms with van der Waals surface area (Å²) in [7, 11) is 0. The molecular formula is C15H23BrO2. The van der Waals surface area contributed by atoms with Crippen LogP contribution < -0.4 is 0 Å². The maximum atomic E-state index is 11.6. The zero-order chi connectivity index (χ0) is 14.0. The lowest BCUT2D eigenvalue weighted by molar-refractivity contribution is -0.148. The van der Waals surface area contributed by atoms with Gasteiger partial charge in [0.25, 0.3) is 0 Å². The number of hydrogen-bond donors (Lipinski definition) is 0. The molecule has 18 heavy (non-hydrogen) atoms. The van der Waals surface area contributed by atoms with Crippen molar-refractivity contribution in [3.63, 3.8) is 0 Å². The molecule has 0 N–H and O–H groups in total. The molecule has 0 rings (SSSR count). The summed E-state index contributed by atoms with van der Waals surface area (Å²) in [5.41, 5.74) is 0.792. The molecule has 0 aliphatic rings. The van der Waals surface area contributed by atoms with E-state index in [1.807, 2.05) is 6.92 Å². The Balaban J connectivity index is 4.52. The molecule has 0 fully saturated rings. The van der Waals surface area contributed by atoms with E-state index in [9.17, 15) is 4.79 Å². The van der Waals surface area contributed by atoms with E-state index < -0.39 is 0 Å². The fourth-order valence-corrected chi connectivity index (χ4v) is 1.78. The fraction of sp³-hybridized carbons (Fsp3) is 0.667. The molecule has 0 saturated carbocycles. The first-order valence-corrected chi connectivity index (χ1v) is 7.55. The molecule has 3 heteroatoms. The third-order valence-corrected chi connectivity index (χ3v) is 3.02. The molecule has 0 spiro atoms. The smallest absolute Gasteiger partial charge is 0.307 e. The fourth-order valence-electron chi connectivity index (χ4n) is 1.50. The Morgan fingerprint density at radius 1 is 1.50 bits per heavy atom. The molecule has 0 aromatic heterocycles. The SMILES string of the molecule is C=C(C)C#CC(OC(=O)CCCBr)C(C)CCC. The number of halogens is 1. The van der Waals surface area contributed by atoms with Crippen molar-refractivity contribution >= 4 is 21.9 Å². The molecule has 0 aromatic rings. The standard InChI is InChI=1S/C15H23BrO2/c1-5-7-13(4)14(10-9-12(2)3)18-15(17)8-6-11-16/h13-14H,2,5-8,11H2,1,3-4H3. The van der Waals surface area contributed by atoms with Crippen molar-refractivity contribution in [3.8, 4) is 11.8 Å². The summed E-state index contributed by atoms with van der Waals surface area (Å²) in [5, 5.41) is 0.814. The summed E-state index contributed by atoms with van der Waals surface area (Å²) in [4.78, 5) is 11.6. The van der Waals surface area contributed by atoms with Crippen molar-refractivity contribution in [2.24, 2.45) is 5.92 Å². The van der Waals surface area contributed by atoms with Crippen LogP contribution in [0.4, 0.5) is 0 Å². The van der Waals surface area contributed by atoms with Crippen LogP contribution in [0.2, 0.25) is 0 Å². The van der Waals surface area contributed by atoms with E-state index >= 15 is 0 Å². The van der Waals surface area contributed by atoms with E-state index in [0.29, 0.717) is 6.42 Å². The van der Waals surface area contributed by atoms with E-state index in [0.717, 1.165) is 30.2 Å². The number of carbonyl (C=O) groups excluding carboxylic acids is 1. The van der Waals surface area contributed by atoms with Crippen LogP contribution in [0.15, 0.2) is 12.2 Å². The Morgan fingerprint density at radius 3 is 2.67 bits per heavy atom. The molecule has 0 aliphatic heterocycles. The highest BCUT2D eigenvalue weighted by molar-refractivity contribution is 9.09. The average molecular weight is 315 g/mol. The summed E-state index contributed by atoms with van der Waals surface area (Å²) in [6, 6.07) is 0. The van der Waals surface area contributed by atoms with Gasteiger partial charge < -0.3 is 4.74 Å². The van der Waals surface area contributed by atoms with Gasteiger partial charge in [-0.05, 0) is 25.3 Å². The molecule has 0 aliphatic carbocycles. The minimum absolute atomic E-state index is 0.168. The monoisotopic (exact) mass is 314 g/mol. The molecule has 2 nitrogen and oxygen atoms in total. The van der Waals surface area contributed by atoms with Crippen LogP contribution in [-0.4, -0.2) is 17.4 Å². The van der Waals surface area contributed by atoms with Crippen LogP contribution >= 0.6 is 15.9 Å². The van der Waals surface area contributed by atoms with Crippen molar-refractivity contribution in [1.82, 2.24) is 0 Å². The van der Waals surface area contributed by atoms with Crippen molar-refractivity contribution in [2.45, 2.75) is 52.6 Å². The first kappa shape index (κ1) is 17.2. The minimum Gasteiger partial charge on any atom is -0.449 e. The lowest BCUT2D eigenvalue weighted by Gasteiger charge is -2.19. The quantitative estimate of drug-likeness (QED) is 0.402. The minimum atomic E-state index is -0.315. The van der Waals surface area contributed by atoms with Gasteiger partial charge in [-0.25, -0.2) is 0 Å². The van der Waals surface area contributed by atoms with Gasteiger partial charge >= 0.3 is 5.97 Å². The first-order chi connectivity index (χ1) is 8.51. The number of esters is 1. The van der Waals surface area contributed by atoms with Crippen LogP contribution in [0.3, 0.4) is 0 Å². The predicted molar refractivity (Wildman–Crippen MR) is 79.6 cm³/mol. The van der Waals surface area contributed by atoms with Crippen LogP contribution in [0.25, 0.3) is 0 Å². The number of allylic oxidation sites excluding steroid dienone is 1. The van der Waals surface area contributed by atoms with Gasteiger partial charge in [0.1, 0.15) is 0 Å². The lowest BCUT2D eigenvalue weighted by atomic mass is 9.99. The first-order valence-electron chi connectivity index (χ1n) is 6.43. The maximum absolute atomic E-state index is 11.6. The van der Waals surface area contributed by atoms with E-state index in [1.165, 1.54) is 0 Å². The zero-order valence-corrected chi connectivity index (χ0v) is 13.2. The summed E-state index contributed by atoms with van der Waals surface area (Å²) < 4.78 is 5.44. The topological polar surface area (TPSA) is 26.3 Å². The molecule has 2 atom stereocenters. The Labute approximate surface area is 119 Å². The van der Waals surface area contributed by atoms with Gasteiger partial charge in [0.2, 0.25) is 0 Å². The second kappa shape index (κ2) is 10.2. The Bertz CT molecular complexity index is 325. The van der Waals surface area contributed by atoms with Gasteiger partial charge in [-0.3, -0.25) is 4.79 Å².